The normalized spacial score (nSPS) is 14.3. The first-order valence-corrected chi connectivity index (χ1v) is 17.7. The summed E-state index contributed by atoms with van der Waals surface area (Å²) < 4.78 is 43.5. The summed E-state index contributed by atoms with van der Waals surface area (Å²) in [6.07, 6.45) is -0.0324. The van der Waals surface area contributed by atoms with Gasteiger partial charge in [0.25, 0.3) is 5.91 Å². The van der Waals surface area contributed by atoms with Gasteiger partial charge in [-0.1, -0.05) is 20.8 Å². The first kappa shape index (κ1) is 39.8. The van der Waals surface area contributed by atoms with Crippen LogP contribution in [0.25, 0.3) is 0 Å². The molecule has 1 fully saturated rings. The van der Waals surface area contributed by atoms with Gasteiger partial charge in [-0.15, -0.1) is 0 Å². The Morgan fingerprint density at radius 2 is 1.40 bits per heavy atom. The van der Waals surface area contributed by atoms with Gasteiger partial charge in [-0.25, -0.2) is 18.1 Å². The topological polar surface area (TPSA) is 178 Å². The molecule has 0 spiro atoms. The van der Waals surface area contributed by atoms with E-state index in [0.717, 1.165) is 4.90 Å². The van der Waals surface area contributed by atoms with E-state index in [-0.39, 0.29) is 36.6 Å². The third-order valence-corrected chi connectivity index (χ3v) is 8.76. The molecule has 1 aliphatic rings. The minimum atomic E-state index is -3.84. The van der Waals surface area contributed by atoms with Crippen LogP contribution >= 0.6 is 0 Å². The summed E-state index contributed by atoms with van der Waals surface area (Å²) in [4.78, 5) is 66.5. The van der Waals surface area contributed by atoms with Crippen molar-refractivity contribution in [1.29, 1.82) is 0 Å². The smallest absolute Gasteiger partial charge is 0.333 e. The first-order chi connectivity index (χ1) is 22.9. The summed E-state index contributed by atoms with van der Waals surface area (Å²) in [5.41, 5.74) is -0.493. The highest BCUT2D eigenvalue weighted by Crippen LogP contribution is 2.39. The van der Waals surface area contributed by atoms with Crippen LogP contribution < -0.4 is 19.7 Å². The van der Waals surface area contributed by atoms with Crippen molar-refractivity contribution in [2.75, 3.05) is 47.7 Å². The van der Waals surface area contributed by atoms with Gasteiger partial charge in [0.2, 0.25) is 15.9 Å². The predicted molar refractivity (Wildman–Crippen MR) is 189 cm³/mol. The number of esters is 2. The van der Waals surface area contributed by atoms with Crippen LogP contribution in [0.2, 0.25) is 0 Å². The van der Waals surface area contributed by atoms with Crippen LogP contribution in [0, 0.1) is 10.8 Å². The van der Waals surface area contributed by atoms with E-state index < -0.39 is 68.5 Å². The molecule has 2 aromatic carbocycles. The highest BCUT2D eigenvalue weighted by molar-refractivity contribution is 7.92. The minimum Gasteiger partial charge on any atom is -0.496 e. The molecule has 0 atom stereocenters. The molecule has 3 rings (SSSR count). The maximum atomic E-state index is 13.8. The molecule has 274 valence electrons. The Kier molecular flexibility index (Phi) is 12.0. The Balaban J connectivity index is 1.84. The van der Waals surface area contributed by atoms with E-state index in [9.17, 15) is 32.4 Å². The van der Waals surface area contributed by atoms with Crippen LogP contribution in [0.4, 0.5) is 21.9 Å². The lowest BCUT2D eigenvalue weighted by Gasteiger charge is -2.35. The molecule has 15 heteroatoms. The average Bonchev–Trinajstić information content (AvgIpc) is 2.99. The Bertz CT molecular complexity index is 1730. The molecule has 2 aromatic rings. The van der Waals surface area contributed by atoms with Crippen molar-refractivity contribution in [2.45, 2.75) is 74.1 Å². The van der Waals surface area contributed by atoms with Crippen molar-refractivity contribution < 1.29 is 46.6 Å². The fraction of sp³-hybridized carbons (Fsp3) is 0.514. The van der Waals surface area contributed by atoms with Gasteiger partial charge in [0.05, 0.1) is 23.5 Å². The Labute approximate surface area is 293 Å². The van der Waals surface area contributed by atoms with Crippen molar-refractivity contribution in [1.82, 2.24) is 4.90 Å². The summed E-state index contributed by atoms with van der Waals surface area (Å²) in [6.45, 7) is 14.9. The number of benzene rings is 2. The number of anilines is 3. The summed E-state index contributed by atoms with van der Waals surface area (Å²) in [7, 11) is -2.40. The van der Waals surface area contributed by atoms with Gasteiger partial charge in [-0.05, 0) is 83.4 Å². The van der Waals surface area contributed by atoms with E-state index in [1.54, 1.807) is 47.6 Å². The first-order valence-electron chi connectivity index (χ1n) is 16.1. The number of rotatable bonds is 11. The van der Waals surface area contributed by atoms with Gasteiger partial charge in [0, 0.05) is 35.6 Å². The summed E-state index contributed by atoms with van der Waals surface area (Å²) >= 11 is 0. The summed E-state index contributed by atoms with van der Waals surface area (Å²) in [5.74, 6) is -2.30. The minimum absolute atomic E-state index is 0.0324. The molecule has 1 saturated heterocycles. The SMILES string of the molecule is COc1c(C(=O)Nc2ccc(NS(=O)(=O)CCOC(=O)C(C)(C)C)cc2)cc(N2CCC(=O)N(COC(=O)C(C)(C)C)C2=O)cc1C(C)(C)C. The van der Waals surface area contributed by atoms with Crippen LogP contribution in [-0.4, -0.2) is 75.8 Å². The number of ether oxygens (including phenoxy) is 3. The lowest BCUT2D eigenvalue weighted by Crippen LogP contribution is -2.53. The van der Waals surface area contributed by atoms with Gasteiger partial charge < -0.3 is 19.5 Å². The summed E-state index contributed by atoms with van der Waals surface area (Å²) in [6, 6.07) is 8.46. The third-order valence-electron chi connectivity index (χ3n) is 7.51. The van der Waals surface area contributed by atoms with Crippen molar-refractivity contribution in [3.05, 3.63) is 47.5 Å². The Morgan fingerprint density at radius 3 is 1.94 bits per heavy atom. The van der Waals surface area contributed by atoms with Gasteiger partial charge in [-0.2, -0.15) is 0 Å². The van der Waals surface area contributed by atoms with Gasteiger partial charge in [0.15, 0.2) is 6.73 Å². The number of carbonyl (C=O) groups excluding carboxylic acids is 5. The zero-order valence-corrected chi connectivity index (χ0v) is 31.2. The highest BCUT2D eigenvalue weighted by atomic mass is 32.2. The predicted octanol–water partition coefficient (Wildman–Crippen LogP) is 5.28. The van der Waals surface area contributed by atoms with E-state index in [4.69, 9.17) is 14.2 Å². The number of nitrogens with one attached hydrogen (secondary N) is 2. The second-order valence-electron chi connectivity index (χ2n) is 15.0. The Hall–Kier alpha value is -4.66. The molecule has 14 nitrogen and oxygen atoms in total. The Morgan fingerprint density at radius 1 is 0.840 bits per heavy atom. The molecule has 2 N–H and O–H groups in total. The van der Waals surface area contributed by atoms with Gasteiger partial charge in [-0.3, -0.25) is 28.8 Å². The lowest BCUT2D eigenvalue weighted by molar-refractivity contribution is -0.158. The molecular formula is C35H48N4O10S. The molecule has 1 aliphatic heterocycles. The summed E-state index contributed by atoms with van der Waals surface area (Å²) in [5, 5.41) is 2.79. The van der Waals surface area contributed by atoms with Crippen LogP contribution in [0.3, 0.4) is 0 Å². The number of amides is 4. The number of hydrogen-bond acceptors (Lipinski definition) is 10. The molecule has 0 aromatic heterocycles. The van der Waals surface area contributed by atoms with E-state index in [1.165, 1.54) is 42.3 Å². The number of hydrogen-bond donors (Lipinski definition) is 2. The molecule has 0 saturated carbocycles. The fourth-order valence-corrected chi connectivity index (χ4v) is 5.52. The third kappa shape index (κ3) is 10.2. The second kappa shape index (κ2) is 15.1. The maximum Gasteiger partial charge on any atom is 0.333 e. The molecule has 0 aliphatic carbocycles. The van der Waals surface area contributed by atoms with E-state index in [1.807, 2.05) is 20.8 Å². The zero-order valence-electron chi connectivity index (χ0n) is 30.4. The maximum absolute atomic E-state index is 13.8. The van der Waals surface area contributed by atoms with Crippen molar-refractivity contribution in [3.63, 3.8) is 0 Å². The molecule has 0 radical (unpaired) electrons. The average molecular weight is 717 g/mol. The fourth-order valence-electron chi connectivity index (χ4n) is 4.62. The monoisotopic (exact) mass is 716 g/mol. The van der Waals surface area contributed by atoms with Crippen LogP contribution in [0.15, 0.2) is 36.4 Å². The molecule has 1 heterocycles. The number of urea groups is 1. The standard InChI is InChI=1S/C35H48N4O10S/c1-33(2,3)26-20-24(38-16-15-27(40)39(32(38)44)21-49-31(43)35(7,8)9)19-25(28(26)47-10)29(41)36-22-11-13-23(14-12-22)37-50(45,46)18-17-48-30(42)34(4,5)6/h11-14,19-20,37H,15-18,21H2,1-10H3,(H,36,41). The lowest BCUT2D eigenvalue weighted by atomic mass is 9.84. The quantitative estimate of drug-likeness (QED) is 0.291. The molecular weight excluding hydrogens is 668 g/mol. The van der Waals surface area contributed by atoms with E-state index >= 15 is 0 Å². The van der Waals surface area contributed by atoms with Crippen molar-refractivity contribution >= 4 is 56.9 Å². The molecule has 50 heavy (non-hydrogen) atoms. The number of imide groups is 1. The number of sulfonamides is 1. The van der Waals surface area contributed by atoms with Crippen LogP contribution in [-0.2, 0) is 39.3 Å². The second-order valence-corrected chi connectivity index (χ2v) is 16.8. The van der Waals surface area contributed by atoms with E-state index in [0.29, 0.717) is 16.9 Å². The molecule has 0 unspecified atom stereocenters. The largest absolute Gasteiger partial charge is 0.496 e. The highest BCUT2D eigenvalue weighted by Gasteiger charge is 2.36. The molecule has 0 bridgehead atoms. The number of carbonyl (C=O) groups is 5. The van der Waals surface area contributed by atoms with E-state index in [2.05, 4.69) is 10.0 Å². The van der Waals surface area contributed by atoms with Crippen molar-refractivity contribution in [2.24, 2.45) is 10.8 Å². The number of nitrogens with zero attached hydrogens (tertiary/aromatic N) is 2. The van der Waals surface area contributed by atoms with Gasteiger partial charge >= 0.3 is 18.0 Å². The van der Waals surface area contributed by atoms with Crippen molar-refractivity contribution in [3.8, 4) is 5.75 Å². The zero-order chi connectivity index (χ0) is 37.8. The van der Waals surface area contributed by atoms with Gasteiger partial charge in [0.1, 0.15) is 18.1 Å². The molecule has 4 amide bonds. The van der Waals surface area contributed by atoms with Crippen LogP contribution in [0.5, 0.6) is 5.75 Å². The van der Waals surface area contributed by atoms with Crippen LogP contribution in [0.1, 0.15) is 84.7 Å². The number of methoxy groups -OCH3 is 1.